The average Bonchev–Trinajstić information content (AvgIpc) is 3.01. The van der Waals surface area contributed by atoms with Gasteiger partial charge in [-0.3, -0.25) is 15.1 Å². The zero-order valence-corrected chi connectivity index (χ0v) is 15.3. The van der Waals surface area contributed by atoms with Crippen LogP contribution in [0.2, 0.25) is 0 Å². The van der Waals surface area contributed by atoms with Crippen LogP contribution in [0.15, 0.2) is 18.2 Å². The van der Waals surface area contributed by atoms with Crippen LogP contribution in [0.5, 0.6) is 5.75 Å². The number of nitrogens with zero attached hydrogens (tertiary/aromatic N) is 2. The molecule has 1 heterocycles. The molecule has 1 amide bonds. The van der Waals surface area contributed by atoms with Crippen molar-refractivity contribution in [2.45, 2.75) is 12.6 Å². The van der Waals surface area contributed by atoms with E-state index < -0.39 is 23.6 Å². The Hall–Kier alpha value is -2.75. The number of benzene rings is 1. The Morgan fingerprint density at radius 2 is 1.96 bits per heavy atom. The summed E-state index contributed by atoms with van der Waals surface area (Å²) >= 11 is 0. The Morgan fingerprint density at radius 1 is 1.30 bits per heavy atom. The van der Waals surface area contributed by atoms with Crippen molar-refractivity contribution in [1.29, 1.82) is 5.41 Å². The summed E-state index contributed by atoms with van der Waals surface area (Å²) in [5.74, 6) is -1.01. The summed E-state index contributed by atoms with van der Waals surface area (Å²) in [4.78, 5) is 17.8. The highest BCUT2D eigenvalue weighted by Crippen LogP contribution is 2.38. The topological polar surface area (TPSA) is 98.4 Å². The van der Waals surface area contributed by atoms with E-state index in [0.29, 0.717) is 13.0 Å². The summed E-state index contributed by atoms with van der Waals surface area (Å²) in [7, 11) is 5.08. The van der Waals surface area contributed by atoms with Gasteiger partial charge < -0.3 is 20.4 Å². The van der Waals surface area contributed by atoms with E-state index in [9.17, 15) is 18.0 Å². The largest absolute Gasteiger partial charge is 0.491 e. The van der Waals surface area contributed by atoms with Crippen LogP contribution in [-0.4, -0.2) is 60.9 Å². The molecule has 0 unspecified atom stereocenters. The molecular formula is C17H22F3N5O2. The van der Waals surface area contributed by atoms with Crippen molar-refractivity contribution in [2.75, 3.05) is 34.3 Å². The molecule has 4 N–H and O–H groups in total. The first kappa shape index (κ1) is 20.6. The van der Waals surface area contributed by atoms with Gasteiger partial charge in [0, 0.05) is 19.0 Å². The number of nitrogens with two attached hydrogens (primary N) is 1. The number of aromatic amines is 1. The van der Waals surface area contributed by atoms with Crippen molar-refractivity contribution in [3.05, 3.63) is 29.5 Å². The van der Waals surface area contributed by atoms with E-state index >= 15 is 0 Å². The van der Waals surface area contributed by atoms with Gasteiger partial charge in [-0.25, -0.2) is 0 Å². The van der Waals surface area contributed by atoms with Crippen molar-refractivity contribution in [3.63, 3.8) is 0 Å². The number of carbonyl (C=O) groups is 1. The number of rotatable bonds is 6. The van der Waals surface area contributed by atoms with Gasteiger partial charge in [0.25, 0.3) is 5.91 Å². The summed E-state index contributed by atoms with van der Waals surface area (Å²) < 4.78 is 45.6. The molecule has 0 radical (unpaired) electrons. The average molecular weight is 385 g/mol. The lowest BCUT2D eigenvalue weighted by Gasteiger charge is -2.13. The van der Waals surface area contributed by atoms with Gasteiger partial charge in [0.1, 0.15) is 11.4 Å². The molecule has 0 saturated heterocycles. The Labute approximate surface area is 154 Å². The molecule has 0 atom stereocenters. The zero-order valence-electron chi connectivity index (χ0n) is 15.3. The minimum absolute atomic E-state index is 0.0787. The molecule has 2 rings (SSSR count). The summed E-state index contributed by atoms with van der Waals surface area (Å²) in [6, 6.07) is 3.27. The molecule has 2 aromatic rings. The summed E-state index contributed by atoms with van der Waals surface area (Å²) in [6.07, 6.45) is -3.90. The fourth-order valence-electron chi connectivity index (χ4n) is 2.53. The zero-order chi connectivity index (χ0) is 20.4. The molecule has 148 valence electrons. The minimum Gasteiger partial charge on any atom is -0.491 e. The fraction of sp³-hybridized carbons (Fsp3) is 0.412. The lowest BCUT2D eigenvalue weighted by atomic mass is 10.1. The van der Waals surface area contributed by atoms with Crippen molar-refractivity contribution in [1.82, 2.24) is 14.8 Å². The van der Waals surface area contributed by atoms with E-state index in [0.717, 1.165) is 23.6 Å². The van der Waals surface area contributed by atoms with E-state index in [4.69, 9.17) is 15.9 Å². The second-order valence-electron chi connectivity index (χ2n) is 6.34. The Kier molecular flexibility index (Phi) is 5.99. The lowest BCUT2D eigenvalue weighted by Crippen LogP contribution is -2.38. The molecule has 10 heteroatoms. The maximum absolute atomic E-state index is 13.3. The van der Waals surface area contributed by atoms with Crippen molar-refractivity contribution in [3.8, 4) is 5.75 Å². The Balaban J connectivity index is 2.43. The third-order valence-electron chi connectivity index (χ3n) is 3.96. The third-order valence-corrected chi connectivity index (χ3v) is 3.96. The Bertz CT molecular complexity index is 845. The maximum Gasteiger partial charge on any atom is 0.417 e. The van der Waals surface area contributed by atoms with E-state index in [-0.39, 0.29) is 22.3 Å². The van der Waals surface area contributed by atoms with E-state index in [1.54, 1.807) is 0 Å². The highest BCUT2D eigenvalue weighted by Gasteiger charge is 2.34. The van der Waals surface area contributed by atoms with Gasteiger partial charge in [-0.15, -0.1) is 0 Å². The SMILES string of the molecule is CN(C)CCCOc1ccc(C(F)(F)F)c2cc(C(=O)N(C)C(=N)N)[nH]c12. The highest BCUT2D eigenvalue weighted by atomic mass is 19.4. The van der Waals surface area contributed by atoms with Crippen LogP contribution >= 0.6 is 0 Å². The summed E-state index contributed by atoms with van der Waals surface area (Å²) in [6.45, 7) is 1.08. The number of guanidine groups is 1. The first-order valence-electron chi connectivity index (χ1n) is 8.15. The van der Waals surface area contributed by atoms with Gasteiger partial charge in [-0.2, -0.15) is 13.2 Å². The number of halogens is 3. The number of ether oxygens (including phenoxy) is 1. The molecule has 0 bridgehead atoms. The summed E-state index contributed by atoms with van der Waals surface area (Å²) in [5, 5.41) is 7.13. The third kappa shape index (κ3) is 4.70. The number of fused-ring (bicyclic) bond motifs is 1. The molecule has 0 saturated carbocycles. The molecule has 27 heavy (non-hydrogen) atoms. The van der Waals surface area contributed by atoms with Crippen LogP contribution in [0.4, 0.5) is 13.2 Å². The predicted octanol–water partition coefficient (Wildman–Crippen LogP) is 2.48. The quantitative estimate of drug-likeness (QED) is 0.404. The minimum atomic E-state index is -4.59. The number of aromatic nitrogens is 1. The van der Waals surface area contributed by atoms with Crippen LogP contribution in [0, 0.1) is 5.41 Å². The molecule has 1 aromatic heterocycles. The van der Waals surface area contributed by atoms with Crippen LogP contribution in [0.3, 0.4) is 0 Å². The monoisotopic (exact) mass is 385 g/mol. The fourth-order valence-corrected chi connectivity index (χ4v) is 2.53. The standard InChI is InChI=1S/C17H22F3N5O2/c1-24(2)7-4-8-27-13-6-5-11(17(18,19)20)10-9-12(23-14(10)13)15(26)25(3)16(21)22/h5-6,9,23H,4,7-8H2,1-3H3,(H3,21,22). The predicted molar refractivity (Wildman–Crippen MR) is 96.0 cm³/mol. The smallest absolute Gasteiger partial charge is 0.417 e. The van der Waals surface area contributed by atoms with Crippen LogP contribution in [-0.2, 0) is 6.18 Å². The van der Waals surface area contributed by atoms with Gasteiger partial charge in [-0.05, 0) is 38.7 Å². The Morgan fingerprint density at radius 3 is 2.52 bits per heavy atom. The van der Waals surface area contributed by atoms with Crippen molar-refractivity contribution >= 4 is 22.8 Å². The van der Waals surface area contributed by atoms with Gasteiger partial charge in [0.15, 0.2) is 5.96 Å². The second-order valence-corrected chi connectivity index (χ2v) is 6.34. The molecule has 0 aliphatic heterocycles. The first-order valence-corrected chi connectivity index (χ1v) is 8.15. The van der Waals surface area contributed by atoms with Crippen molar-refractivity contribution < 1.29 is 22.7 Å². The number of amides is 1. The molecule has 1 aromatic carbocycles. The van der Waals surface area contributed by atoms with Gasteiger partial charge in [0.2, 0.25) is 0 Å². The molecule has 0 aliphatic rings. The van der Waals surface area contributed by atoms with E-state index in [2.05, 4.69) is 4.98 Å². The molecule has 7 nitrogen and oxygen atoms in total. The van der Waals surface area contributed by atoms with E-state index in [1.807, 2.05) is 19.0 Å². The van der Waals surface area contributed by atoms with E-state index in [1.165, 1.54) is 13.1 Å². The van der Waals surface area contributed by atoms with Gasteiger partial charge in [0.05, 0.1) is 17.7 Å². The van der Waals surface area contributed by atoms with Crippen molar-refractivity contribution in [2.24, 2.45) is 5.73 Å². The van der Waals surface area contributed by atoms with Crippen LogP contribution < -0.4 is 10.5 Å². The van der Waals surface area contributed by atoms with Gasteiger partial charge >= 0.3 is 6.18 Å². The number of hydrogen-bond donors (Lipinski definition) is 3. The van der Waals surface area contributed by atoms with Crippen LogP contribution in [0.25, 0.3) is 10.9 Å². The molecule has 0 fully saturated rings. The first-order chi connectivity index (χ1) is 12.5. The second kappa shape index (κ2) is 7.87. The number of carbonyl (C=O) groups excluding carboxylic acids is 1. The molecule has 0 spiro atoms. The normalized spacial score (nSPS) is 11.8. The molecule has 0 aliphatic carbocycles. The number of nitrogens with one attached hydrogen (secondary N) is 2. The maximum atomic E-state index is 13.3. The summed E-state index contributed by atoms with van der Waals surface area (Å²) in [5.41, 5.74) is 4.36. The van der Waals surface area contributed by atoms with Gasteiger partial charge in [-0.1, -0.05) is 0 Å². The van der Waals surface area contributed by atoms with Crippen LogP contribution in [0.1, 0.15) is 22.5 Å². The molecular weight excluding hydrogens is 363 g/mol. The highest BCUT2D eigenvalue weighted by molar-refractivity contribution is 6.06. The lowest BCUT2D eigenvalue weighted by molar-refractivity contribution is -0.136. The number of H-pyrrole nitrogens is 1. The number of hydrogen-bond acceptors (Lipinski definition) is 4. The number of alkyl halides is 3.